The summed E-state index contributed by atoms with van der Waals surface area (Å²) < 4.78 is 52.3. The van der Waals surface area contributed by atoms with E-state index in [9.17, 15) is 32.3 Å². The number of halogens is 4. The first-order valence-corrected chi connectivity index (χ1v) is 17.6. The second-order valence-electron chi connectivity index (χ2n) is 13.0. The third kappa shape index (κ3) is 8.51. The van der Waals surface area contributed by atoms with Crippen LogP contribution < -0.4 is 16.2 Å². The van der Waals surface area contributed by atoms with Crippen LogP contribution in [0.25, 0.3) is 10.9 Å². The number of carbonyl (C=O) groups is 3. The van der Waals surface area contributed by atoms with Crippen LogP contribution in [0, 0.1) is 0 Å². The van der Waals surface area contributed by atoms with Crippen molar-refractivity contribution in [3.05, 3.63) is 98.4 Å². The van der Waals surface area contributed by atoms with Gasteiger partial charge in [-0.15, -0.1) is 0 Å². The van der Waals surface area contributed by atoms with Gasteiger partial charge in [0, 0.05) is 63.0 Å². The number of nitrogen functional groups attached to an aromatic ring is 1. The van der Waals surface area contributed by atoms with Crippen molar-refractivity contribution in [2.45, 2.75) is 44.4 Å². The third-order valence-corrected chi connectivity index (χ3v) is 9.90. The number of ether oxygens (including phenoxy) is 2. The Balaban J connectivity index is 1.16. The molecule has 3 N–H and O–H groups in total. The van der Waals surface area contributed by atoms with E-state index in [1.165, 1.54) is 22.1 Å². The SMILES string of the molecule is CCOC(=O)c1ccc(N2CCN(C(=O)[C@@H](Cc3cc(Cl)c(N)c(C(F)(F)F)c3)OC(=O)N3CCC(c4cc5ccccc5[nH]c4=O)CC3)CC2)nc1. The molecule has 12 nitrogen and oxygen atoms in total. The summed E-state index contributed by atoms with van der Waals surface area (Å²) >= 11 is 6.09. The molecule has 0 radical (unpaired) electrons. The number of carbonyl (C=O) groups excluding carboxylic acids is 3. The van der Waals surface area contributed by atoms with Gasteiger partial charge in [0.25, 0.3) is 11.5 Å². The number of benzene rings is 2. The van der Waals surface area contributed by atoms with Gasteiger partial charge in [0.15, 0.2) is 6.10 Å². The summed E-state index contributed by atoms with van der Waals surface area (Å²) in [6.45, 7) is 3.53. The minimum atomic E-state index is -4.81. The van der Waals surface area contributed by atoms with Crippen LogP contribution in [0.4, 0.5) is 29.5 Å². The van der Waals surface area contributed by atoms with Crippen molar-refractivity contribution in [3.8, 4) is 0 Å². The smallest absolute Gasteiger partial charge is 0.418 e. The van der Waals surface area contributed by atoms with Gasteiger partial charge in [-0.25, -0.2) is 14.6 Å². The first-order chi connectivity index (χ1) is 25.3. The Kier molecular flexibility index (Phi) is 11.1. The third-order valence-electron chi connectivity index (χ3n) is 9.58. The lowest BCUT2D eigenvalue weighted by atomic mass is 9.89. The van der Waals surface area contributed by atoms with Crippen molar-refractivity contribution in [1.82, 2.24) is 19.8 Å². The summed E-state index contributed by atoms with van der Waals surface area (Å²) in [5.41, 5.74) is 5.31. The van der Waals surface area contributed by atoms with Crippen molar-refractivity contribution in [1.29, 1.82) is 0 Å². The fourth-order valence-electron chi connectivity index (χ4n) is 6.72. The molecule has 0 unspecified atom stereocenters. The fourth-order valence-corrected chi connectivity index (χ4v) is 6.97. The van der Waals surface area contributed by atoms with Crippen LogP contribution in [0.5, 0.6) is 0 Å². The summed E-state index contributed by atoms with van der Waals surface area (Å²) in [5, 5.41) is 0.555. The summed E-state index contributed by atoms with van der Waals surface area (Å²) in [6, 6.07) is 14.6. The van der Waals surface area contributed by atoms with Gasteiger partial charge in [-0.2, -0.15) is 13.2 Å². The average molecular weight is 755 g/mol. The number of esters is 1. The molecule has 2 saturated heterocycles. The molecule has 0 spiro atoms. The molecule has 0 aliphatic carbocycles. The standard InChI is InChI=1S/C37H38ClF3N6O6/c1-2-52-35(50)25-7-8-31(43-21-25)45-13-15-46(16-14-45)34(49)30(19-22-17-27(37(39,40)41)32(42)28(38)18-22)53-36(51)47-11-9-23(10-12-47)26-20-24-5-3-4-6-29(24)44-33(26)48/h3-8,17-18,20-21,23,30H,2,9-16,19,42H2,1H3,(H,44,48)/t30-/m1/s1. The molecule has 280 valence electrons. The van der Waals surface area contributed by atoms with E-state index in [1.807, 2.05) is 35.2 Å². The number of amides is 2. The van der Waals surface area contributed by atoms with Crippen LogP contribution in [-0.4, -0.2) is 89.7 Å². The molecule has 2 aliphatic heterocycles. The molecular weight excluding hydrogens is 717 g/mol. The van der Waals surface area contributed by atoms with Crippen LogP contribution in [0.1, 0.15) is 52.7 Å². The Labute approximate surface area is 307 Å². The van der Waals surface area contributed by atoms with Crippen molar-refractivity contribution >= 4 is 52.0 Å². The minimum absolute atomic E-state index is 0.0152. The second-order valence-corrected chi connectivity index (χ2v) is 13.4. The maximum absolute atomic E-state index is 14.0. The lowest BCUT2D eigenvalue weighted by Gasteiger charge is -2.37. The molecule has 0 saturated carbocycles. The Morgan fingerprint density at radius 2 is 1.72 bits per heavy atom. The van der Waals surface area contributed by atoms with E-state index < -0.39 is 41.5 Å². The van der Waals surface area contributed by atoms with Crippen LogP contribution >= 0.6 is 11.6 Å². The number of aromatic nitrogens is 2. The topological polar surface area (TPSA) is 151 Å². The number of para-hydroxylation sites is 1. The van der Waals surface area contributed by atoms with Gasteiger partial charge >= 0.3 is 18.2 Å². The lowest BCUT2D eigenvalue weighted by Crippen LogP contribution is -2.53. The van der Waals surface area contributed by atoms with Crippen LogP contribution in [0.3, 0.4) is 0 Å². The molecule has 2 amide bonds. The van der Waals surface area contributed by atoms with Gasteiger partial charge < -0.3 is 34.9 Å². The predicted octanol–water partition coefficient (Wildman–Crippen LogP) is 5.63. The maximum Gasteiger partial charge on any atom is 0.418 e. The number of H-pyrrole nitrogens is 1. The number of nitrogens with two attached hydrogens (primary N) is 1. The number of anilines is 2. The number of hydrogen-bond acceptors (Lipinski definition) is 9. The first-order valence-electron chi connectivity index (χ1n) is 17.2. The van der Waals surface area contributed by atoms with Gasteiger partial charge in [-0.05, 0) is 73.0 Å². The number of rotatable bonds is 8. The highest BCUT2D eigenvalue weighted by Gasteiger charge is 2.37. The van der Waals surface area contributed by atoms with E-state index in [0.717, 1.165) is 17.0 Å². The molecule has 2 aliphatic rings. The molecule has 6 rings (SSSR count). The minimum Gasteiger partial charge on any atom is -0.462 e. The van der Waals surface area contributed by atoms with Crippen LogP contribution in [0.2, 0.25) is 5.02 Å². The summed E-state index contributed by atoms with van der Waals surface area (Å²) in [6.07, 6.45) is -5.11. The number of piperazine rings is 1. The maximum atomic E-state index is 14.0. The van der Waals surface area contributed by atoms with E-state index in [0.29, 0.717) is 42.9 Å². The quantitative estimate of drug-likeness (QED) is 0.172. The van der Waals surface area contributed by atoms with Gasteiger partial charge in [-0.3, -0.25) is 9.59 Å². The van der Waals surface area contributed by atoms with Gasteiger partial charge in [0.2, 0.25) is 0 Å². The molecule has 0 bridgehead atoms. The van der Waals surface area contributed by atoms with E-state index in [-0.39, 0.29) is 61.3 Å². The van der Waals surface area contributed by atoms with Crippen LogP contribution in [0.15, 0.2) is 65.6 Å². The second kappa shape index (κ2) is 15.7. The molecule has 2 aromatic carbocycles. The molecule has 16 heteroatoms. The van der Waals surface area contributed by atoms with E-state index >= 15 is 0 Å². The number of hydrogen-bond donors (Lipinski definition) is 2. The molecule has 2 fully saturated rings. The van der Waals surface area contributed by atoms with Gasteiger partial charge in [0.05, 0.1) is 28.4 Å². The first kappa shape index (κ1) is 37.4. The van der Waals surface area contributed by atoms with Crippen molar-refractivity contribution < 1.29 is 37.0 Å². The van der Waals surface area contributed by atoms with Gasteiger partial charge in [-0.1, -0.05) is 29.8 Å². The van der Waals surface area contributed by atoms with Crippen LogP contribution in [-0.2, 0) is 26.9 Å². The summed E-state index contributed by atoms with van der Waals surface area (Å²) in [5.74, 6) is -0.604. The number of fused-ring (bicyclic) bond motifs is 1. The predicted molar refractivity (Wildman–Crippen MR) is 192 cm³/mol. The van der Waals surface area contributed by atoms with Crippen molar-refractivity contribution in [3.63, 3.8) is 0 Å². The summed E-state index contributed by atoms with van der Waals surface area (Å²) in [7, 11) is 0. The molecule has 53 heavy (non-hydrogen) atoms. The normalized spacial score (nSPS) is 16.1. The lowest BCUT2D eigenvalue weighted by molar-refractivity contribution is -0.141. The number of piperidine rings is 1. The van der Waals surface area contributed by atoms with Crippen molar-refractivity contribution in [2.75, 3.05) is 56.5 Å². The number of aromatic amines is 1. The monoisotopic (exact) mass is 754 g/mol. The Bertz CT molecular complexity index is 2040. The summed E-state index contributed by atoms with van der Waals surface area (Å²) in [4.78, 5) is 64.5. The molecule has 4 aromatic rings. The largest absolute Gasteiger partial charge is 0.462 e. The number of likely N-dealkylation sites (tertiary alicyclic amines) is 1. The fraction of sp³-hybridized carbons (Fsp3) is 0.378. The zero-order valence-corrected chi connectivity index (χ0v) is 29.6. The zero-order valence-electron chi connectivity index (χ0n) is 28.8. The number of nitrogens with one attached hydrogen (secondary N) is 1. The molecule has 4 heterocycles. The highest BCUT2D eigenvalue weighted by molar-refractivity contribution is 6.33. The number of nitrogens with zero attached hydrogens (tertiary/aromatic N) is 4. The molecular formula is C37H38ClF3N6O6. The zero-order chi connectivity index (χ0) is 37.9. The highest BCUT2D eigenvalue weighted by atomic mass is 35.5. The Morgan fingerprint density at radius 1 is 1.00 bits per heavy atom. The highest BCUT2D eigenvalue weighted by Crippen LogP contribution is 2.38. The molecule has 2 aromatic heterocycles. The number of alkyl halides is 3. The average Bonchev–Trinajstić information content (AvgIpc) is 3.15. The van der Waals surface area contributed by atoms with Gasteiger partial charge in [0.1, 0.15) is 5.82 Å². The van der Waals surface area contributed by atoms with E-state index in [2.05, 4.69) is 9.97 Å². The Morgan fingerprint density at radius 3 is 2.38 bits per heavy atom. The van der Waals surface area contributed by atoms with E-state index in [1.54, 1.807) is 19.1 Å². The number of pyridine rings is 2. The Hall–Kier alpha value is -5.31. The molecule has 1 atom stereocenters. The van der Waals surface area contributed by atoms with Crippen molar-refractivity contribution in [2.24, 2.45) is 0 Å². The van der Waals surface area contributed by atoms with E-state index in [4.69, 9.17) is 26.8 Å².